The first-order valence-corrected chi connectivity index (χ1v) is 13.3. The molecule has 0 N–H and O–H groups in total. The standard InChI is InChI=1S/C32H43N3O4/c1-10-24(5)33-21-28(23(3)4)30(36)35(11-2)26-18-15-19-27(20-26)38-29(25-16-13-12-14-17-25)22-34(9)31(37)39-32(6,7)8/h12-21,29H,5,10-11,22H2,1-4,6-9H3. The molecule has 0 aliphatic heterocycles. The molecule has 0 spiro atoms. The number of carbonyl (C=O) groups excluding carboxylic acids is 2. The van der Waals surface area contributed by atoms with E-state index in [1.165, 1.54) is 4.90 Å². The fourth-order valence-corrected chi connectivity index (χ4v) is 3.66. The van der Waals surface area contributed by atoms with Gasteiger partial charge in [0, 0.05) is 37.3 Å². The Labute approximate surface area is 233 Å². The summed E-state index contributed by atoms with van der Waals surface area (Å²) in [5, 5.41) is 0. The number of benzene rings is 2. The average Bonchev–Trinajstić information content (AvgIpc) is 2.88. The van der Waals surface area contributed by atoms with Crippen LogP contribution in [0, 0.1) is 0 Å². The van der Waals surface area contributed by atoms with Gasteiger partial charge in [0.15, 0.2) is 0 Å². The number of aliphatic imine (C=N–C) groups is 1. The molecule has 2 amide bonds. The fourth-order valence-electron chi connectivity index (χ4n) is 3.66. The second-order valence-corrected chi connectivity index (χ2v) is 10.5. The molecule has 0 aliphatic carbocycles. The normalized spacial score (nSPS) is 12.0. The van der Waals surface area contributed by atoms with Crippen LogP contribution in [0.15, 0.2) is 83.0 Å². The Morgan fingerprint density at radius 1 is 1.05 bits per heavy atom. The summed E-state index contributed by atoms with van der Waals surface area (Å²) < 4.78 is 12.0. The molecule has 210 valence electrons. The number of carbonyl (C=O) groups is 2. The lowest BCUT2D eigenvalue weighted by Crippen LogP contribution is -2.37. The lowest BCUT2D eigenvalue weighted by Gasteiger charge is -2.28. The van der Waals surface area contributed by atoms with Crippen LogP contribution >= 0.6 is 0 Å². The zero-order chi connectivity index (χ0) is 29.2. The van der Waals surface area contributed by atoms with Gasteiger partial charge >= 0.3 is 6.09 Å². The molecular weight excluding hydrogens is 490 g/mol. The van der Waals surface area contributed by atoms with E-state index in [0.717, 1.165) is 11.1 Å². The summed E-state index contributed by atoms with van der Waals surface area (Å²) in [5.41, 5.74) is 3.13. The van der Waals surface area contributed by atoms with Gasteiger partial charge in [-0.3, -0.25) is 9.79 Å². The van der Waals surface area contributed by atoms with Crippen LogP contribution in [0.25, 0.3) is 0 Å². The first-order valence-electron chi connectivity index (χ1n) is 13.3. The van der Waals surface area contributed by atoms with Crippen molar-refractivity contribution in [2.45, 2.75) is 66.6 Å². The number of likely N-dealkylation sites (N-methyl/N-ethyl adjacent to an activating group) is 2. The van der Waals surface area contributed by atoms with Crippen molar-refractivity contribution >= 4 is 23.9 Å². The lowest BCUT2D eigenvalue weighted by atomic mass is 10.1. The number of hydrogen-bond donors (Lipinski definition) is 0. The van der Waals surface area contributed by atoms with Gasteiger partial charge in [-0.25, -0.2) is 4.79 Å². The van der Waals surface area contributed by atoms with Crippen LogP contribution in [0.5, 0.6) is 5.75 Å². The number of rotatable bonds is 11. The minimum Gasteiger partial charge on any atom is -0.484 e. The second-order valence-electron chi connectivity index (χ2n) is 10.5. The predicted molar refractivity (Wildman–Crippen MR) is 159 cm³/mol. The van der Waals surface area contributed by atoms with Gasteiger partial charge in [0.1, 0.15) is 17.5 Å². The number of nitrogens with zero attached hydrogens (tertiary/aromatic N) is 3. The molecule has 7 heteroatoms. The highest BCUT2D eigenvalue weighted by Crippen LogP contribution is 2.28. The van der Waals surface area contributed by atoms with Crippen LogP contribution in [0.2, 0.25) is 0 Å². The molecule has 7 nitrogen and oxygen atoms in total. The number of hydrogen-bond acceptors (Lipinski definition) is 5. The summed E-state index contributed by atoms with van der Waals surface area (Å²) in [6.45, 7) is 17.8. The minimum absolute atomic E-state index is 0.147. The Morgan fingerprint density at radius 2 is 1.72 bits per heavy atom. The predicted octanol–water partition coefficient (Wildman–Crippen LogP) is 7.36. The molecule has 39 heavy (non-hydrogen) atoms. The van der Waals surface area contributed by atoms with E-state index in [-0.39, 0.29) is 12.5 Å². The van der Waals surface area contributed by atoms with Gasteiger partial charge in [-0.15, -0.1) is 0 Å². The summed E-state index contributed by atoms with van der Waals surface area (Å²) >= 11 is 0. The SMILES string of the molecule is C=C(CC)N=CC(C(=O)N(CC)c1cccc(OC(CN(C)C(=O)OC(C)(C)C)c2ccccc2)c1)=C(C)C. The van der Waals surface area contributed by atoms with Crippen molar-refractivity contribution in [1.82, 2.24) is 4.90 Å². The highest BCUT2D eigenvalue weighted by Gasteiger charge is 2.25. The first-order chi connectivity index (χ1) is 18.4. The Morgan fingerprint density at radius 3 is 2.28 bits per heavy atom. The summed E-state index contributed by atoms with van der Waals surface area (Å²) in [7, 11) is 1.69. The molecule has 0 aliphatic rings. The van der Waals surface area contributed by atoms with Crippen LogP contribution in [-0.4, -0.2) is 48.9 Å². The Balaban J connectivity index is 2.35. The van der Waals surface area contributed by atoms with Crippen molar-refractivity contribution in [3.63, 3.8) is 0 Å². The smallest absolute Gasteiger partial charge is 0.410 e. The summed E-state index contributed by atoms with van der Waals surface area (Å²) in [6, 6.07) is 17.1. The molecule has 0 radical (unpaired) electrons. The summed E-state index contributed by atoms with van der Waals surface area (Å²) in [5.74, 6) is 0.434. The van der Waals surface area contributed by atoms with Gasteiger partial charge in [-0.2, -0.15) is 0 Å². The lowest BCUT2D eigenvalue weighted by molar-refractivity contribution is -0.114. The molecule has 0 fully saturated rings. The van der Waals surface area contributed by atoms with Gasteiger partial charge in [0.25, 0.3) is 5.91 Å². The highest BCUT2D eigenvalue weighted by atomic mass is 16.6. The van der Waals surface area contributed by atoms with E-state index in [2.05, 4.69) is 11.6 Å². The molecular formula is C32H43N3O4. The summed E-state index contributed by atoms with van der Waals surface area (Å²) in [4.78, 5) is 33.8. The van der Waals surface area contributed by atoms with Crippen LogP contribution in [-0.2, 0) is 9.53 Å². The Hall–Kier alpha value is -3.87. The quantitative estimate of drug-likeness (QED) is 0.223. The maximum Gasteiger partial charge on any atom is 0.410 e. The third kappa shape index (κ3) is 9.74. The largest absolute Gasteiger partial charge is 0.484 e. The maximum absolute atomic E-state index is 13.6. The third-order valence-electron chi connectivity index (χ3n) is 5.84. The van der Waals surface area contributed by atoms with Crippen LogP contribution in [0.1, 0.15) is 66.6 Å². The molecule has 0 saturated carbocycles. The molecule has 2 aromatic rings. The van der Waals surface area contributed by atoms with E-state index in [1.807, 2.05) is 103 Å². The molecule has 2 rings (SSSR count). The van der Waals surface area contributed by atoms with Crippen molar-refractivity contribution in [1.29, 1.82) is 0 Å². The molecule has 1 unspecified atom stereocenters. The van der Waals surface area contributed by atoms with Crippen molar-refractivity contribution < 1.29 is 19.1 Å². The molecule has 0 heterocycles. The van der Waals surface area contributed by atoms with Crippen molar-refractivity contribution in [3.05, 3.63) is 83.6 Å². The van der Waals surface area contributed by atoms with Crippen molar-refractivity contribution in [2.75, 3.05) is 25.0 Å². The van der Waals surface area contributed by atoms with Crippen LogP contribution in [0.4, 0.5) is 10.5 Å². The maximum atomic E-state index is 13.6. The Bertz CT molecular complexity index is 1190. The van der Waals surface area contributed by atoms with Gasteiger partial charge in [0.2, 0.25) is 0 Å². The van der Waals surface area contributed by atoms with Gasteiger partial charge in [0.05, 0.1) is 12.1 Å². The van der Waals surface area contributed by atoms with Crippen molar-refractivity contribution in [2.24, 2.45) is 4.99 Å². The topological polar surface area (TPSA) is 71.4 Å². The number of anilines is 1. The van der Waals surface area contributed by atoms with Crippen LogP contribution in [0.3, 0.4) is 0 Å². The second kappa shape index (κ2) is 14.3. The molecule has 2 aromatic carbocycles. The van der Waals surface area contributed by atoms with E-state index in [0.29, 0.717) is 35.7 Å². The zero-order valence-electron chi connectivity index (χ0n) is 24.7. The van der Waals surface area contributed by atoms with E-state index < -0.39 is 17.8 Å². The van der Waals surface area contributed by atoms with Crippen LogP contribution < -0.4 is 9.64 Å². The first kappa shape index (κ1) is 31.3. The number of allylic oxidation sites excluding steroid dienone is 2. The fraction of sp³-hybridized carbons (Fsp3) is 0.406. The number of amides is 2. The van der Waals surface area contributed by atoms with E-state index in [1.54, 1.807) is 18.2 Å². The van der Waals surface area contributed by atoms with Gasteiger partial charge in [-0.05, 0) is 65.7 Å². The van der Waals surface area contributed by atoms with E-state index in [4.69, 9.17) is 9.47 Å². The summed E-state index contributed by atoms with van der Waals surface area (Å²) in [6.07, 6.45) is 1.43. The minimum atomic E-state index is -0.600. The molecule has 0 saturated heterocycles. The Kier molecular flexibility index (Phi) is 11.5. The van der Waals surface area contributed by atoms with Crippen molar-refractivity contribution in [3.8, 4) is 5.75 Å². The third-order valence-corrected chi connectivity index (χ3v) is 5.84. The zero-order valence-corrected chi connectivity index (χ0v) is 24.7. The molecule has 1 atom stereocenters. The van der Waals surface area contributed by atoms with Gasteiger partial charge in [-0.1, -0.05) is 55.5 Å². The highest BCUT2D eigenvalue weighted by molar-refractivity contribution is 6.19. The number of ether oxygens (including phenoxy) is 2. The van der Waals surface area contributed by atoms with Gasteiger partial charge < -0.3 is 19.3 Å². The van der Waals surface area contributed by atoms with E-state index >= 15 is 0 Å². The molecule has 0 aromatic heterocycles. The molecule has 0 bridgehead atoms. The average molecular weight is 534 g/mol. The van der Waals surface area contributed by atoms with E-state index in [9.17, 15) is 9.59 Å². The monoisotopic (exact) mass is 533 g/mol.